The maximum atomic E-state index is 13.3. The van der Waals surface area contributed by atoms with Crippen molar-refractivity contribution in [1.82, 2.24) is 9.38 Å². The number of aromatic nitrogens is 2. The third kappa shape index (κ3) is 2.90. The van der Waals surface area contributed by atoms with Crippen molar-refractivity contribution in [3.63, 3.8) is 0 Å². The van der Waals surface area contributed by atoms with Gasteiger partial charge in [-0.1, -0.05) is 6.07 Å². The van der Waals surface area contributed by atoms with E-state index < -0.39 is 11.8 Å². The van der Waals surface area contributed by atoms with Gasteiger partial charge in [0.05, 0.1) is 11.3 Å². The molecule has 3 aromatic rings. The molecule has 3 rings (SSSR count). The molecule has 0 fully saturated rings. The SMILES string of the molecule is O=C(O)c1cc(SCc2cn3ccccc3n2)ccc1F. The largest absolute Gasteiger partial charge is 0.478 e. The van der Waals surface area contributed by atoms with Crippen LogP contribution in [0.3, 0.4) is 0 Å². The minimum absolute atomic E-state index is 0.310. The molecule has 1 aromatic carbocycles. The molecule has 0 atom stereocenters. The van der Waals surface area contributed by atoms with Crippen LogP contribution in [-0.2, 0) is 5.75 Å². The number of rotatable bonds is 4. The van der Waals surface area contributed by atoms with Crippen molar-refractivity contribution >= 4 is 23.4 Å². The first-order chi connectivity index (χ1) is 10.1. The third-order valence-corrected chi connectivity index (χ3v) is 4.00. The van der Waals surface area contributed by atoms with Gasteiger partial charge in [-0.2, -0.15) is 0 Å². The summed E-state index contributed by atoms with van der Waals surface area (Å²) in [6.07, 6.45) is 3.83. The summed E-state index contributed by atoms with van der Waals surface area (Å²) in [7, 11) is 0. The van der Waals surface area contributed by atoms with Crippen LogP contribution < -0.4 is 0 Å². The van der Waals surface area contributed by atoms with Gasteiger partial charge in [0.2, 0.25) is 0 Å². The summed E-state index contributed by atoms with van der Waals surface area (Å²) in [6.45, 7) is 0. The summed E-state index contributed by atoms with van der Waals surface area (Å²) in [5.74, 6) is -1.39. The second kappa shape index (κ2) is 5.57. The van der Waals surface area contributed by atoms with E-state index in [0.29, 0.717) is 10.6 Å². The van der Waals surface area contributed by atoms with Crippen LogP contribution in [0, 0.1) is 5.82 Å². The Bertz CT molecular complexity index is 783. The Kier molecular flexibility index (Phi) is 3.62. The average molecular weight is 302 g/mol. The van der Waals surface area contributed by atoms with Crippen LogP contribution in [0.4, 0.5) is 4.39 Å². The number of carbonyl (C=O) groups is 1. The Hall–Kier alpha value is -2.34. The summed E-state index contributed by atoms with van der Waals surface area (Å²) < 4.78 is 15.2. The Labute approximate surface area is 124 Å². The number of hydrogen-bond acceptors (Lipinski definition) is 3. The lowest BCUT2D eigenvalue weighted by molar-refractivity contribution is 0.0691. The van der Waals surface area contributed by atoms with Gasteiger partial charge in [0.1, 0.15) is 11.5 Å². The maximum Gasteiger partial charge on any atom is 0.338 e. The first-order valence-corrected chi connectivity index (χ1v) is 7.20. The van der Waals surface area contributed by atoms with Gasteiger partial charge in [-0.05, 0) is 30.3 Å². The number of imidazole rings is 1. The van der Waals surface area contributed by atoms with E-state index in [1.165, 1.54) is 23.9 Å². The van der Waals surface area contributed by atoms with E-state index in [4.69, 9.17) is 5.11 Å². The average Bonchev–Trinajstić information content (AvgIpc) is 2.89. The van der Waals surface area contributed by atoms with E-state index in [0.717, 1.165) is 11.3 Å². The highest BCUT2D eigenvalue weighted by atomic mass is 32.2. The zero-order chi connectivity index (χ0) is 14.8. The smallest absolute Gasteiger partial charge is 0.338 e. The van der Waals surface area contributed by atoms with Crippen molar-refractivity contribution < 1.29 is 14.3 Å². The zero-order valence-electron chi connectivity index (χ0n) is 10.9. The maximum absolute atomic E-state index is 13.3. The number of aromatic carboxylic acids is 1. The van der Waals surface area contributed by atoms with Crippen molar-refractivity contribution in [2.24, 2.45) is 0 Å². The van der Waals surface area contributed by atoms with E-state index in [2.05, 4.69) is 4.98 Å². The molecule has 0 aliphatic carbocycles. The molecule has 0 spiro atoms. The Morgan fingerprint density at radius 3 is 2.95 bits per heavy atom. The molecule has 0 amide bonds. The lowest BCUT2D eigenvalue weighted by Gasteiger charge is -2.02. The molecule has 2 aromatic heterocycles. The number of thioether (sulfide) groups is 1. The van der Waals surface area contributed by atoms with Crippen LogP contribution in [0.25, 0.3) is 5.65 Å². The molecule has 1 N–H and O–H groups in total. The summed E-state index contributed by atoms with van der Waals surface area (Å²) in [5.41, 5.74) is 1.43. The van der Waals surface area contributed by atoms with E-state index in [1.54, 1.807) is 6.07 Å². The summed E-state index contributed by atoms with van der Waals surface area (Å²) in [6, 6.07) is 9.84. The van der Waals surface area contributed by atoms with Gasteiger partial charge in [0.15, 0.2) is 0 Å². The lowest BCUT2D eigenvalue weighted by Crippen LogP contribution is -2.00. The van der Waals surface area contributed by atoms with Gasteiger partial charge in [-0.15, -0.1) is 11.8 Å². The number of hydrogen-bond donors (Lipinski definition) is 1. The molecule has 0 unspecified atom stereocenters. The summed E-state index contributed by atoms with van der Waals surface area (Å²) in [5, 5.41) is 8.91. The first-order valence-electron chi connectivity index (χ1n) is 6.22. The number of carboxylic acid groups (broad SMARTS) is 1. The fourth-order valence-corrected chi connectivity index (χ4v) is 2.79. The number of fused-ring (bicyclic) bond motifs is 1. The highest BCUT2D eigenvalue weighted by Gasteiger charge is 2.11. The van der Waals surface area contributed by atoms with Crippen LogP contribution in [0.1, 0.15) is 16.1 Å². The van der Waals surface area contributed by atoms with E-state index in [-0.39, 0.29) is 5.56 Å². The Morgan fingerprint density at radius 2 is 2.19 bits per heavy atom. The second-order valence-electron chi connectivity index (χ2n) is 4.43. The fraction of sp³-hybridized carbons (Fsp3) is 0.0667. The second-order valence-corrected chi connectivity index (χ2v) is 5.48. The monoisotopic (exact) mass is 302 g/mol. The highest BCUT2D eigenvalue weighted by molar-refractivity contribution is 7.98. The number of pyridine rings is 1. The molecule has 0 aliphatic heterocycles. The molecule has 0 saturated carbocycles. The fourth-order valence-electron chi connectivity index (χ4n) is 1.97. The molecule has 4 nitrogen and oxygen atoms in total. The molecular weight excluding hydrogens is 291 g/mol. The van der Waals surface area contributed by atoms with Gasteiger partial charge in [0.25, 0.3) is 0 Å². The van der Waals surface area contributed by atoms with Crippen molar-refractivity contribution in [3.05, 3.63) is 65.9 Å². The Morgan fingerprint density at radius 1 is 1.33 bits per heavy atom. The third-order valence-electron chi connectivity index (χ3n) is 2.97. The minimum atomic E-state index is -1.26. The number of carboxylic acids is 1. The van der Waals surface area contributed by atoms with E-state index in [1.807, 2.05) is 35.0 Å². The molecule has 0 bridgehead atoms. The van der Waals surface area contributed by atoms with Crippen LogP contribution >= 0.6 is 11.8 Å². The van der Waals surface area contributed by atoms with Crippen LogP contribution in [0.15, 0.2) is 53.7 Å². The number of benzene rings is 1. The topological polar surface area (TPSA) is 54.6 Å². The Balaban J connectivity index is 1.78. The van der Waals surface area contributed by atoms with Crippen LogP contribution in [-0.4, -0.2) is 20.5 Å². The van der Waals surface area contributed by atoms with Crippen molar-refractivity contribution in [2.75, 3.05) is 0 Å². The lowest BCUT2D eigenvalue weighted by atomic mass is 10.2. The van der Waals surface area contributed by atoms with Crippen LogP contribution in [0.5, 0.6) is 0 Å². The molecule has 106 valence electrons. The number of nitrogens with zero attached hydrogens (tertiary/aromatic N) is 2. The predicted octanol–water partition coefficient (Wildman–Crippen LogP) is 3.46. The van der Waals surface area contributed by atoms with Crippen LogP contribution in [0.2, 0.25) is 0 Å². The molecule has 0 radical (unpaired) electrons. The quantitative estimate of drug-likeness (QED) is 0.750. The van der Waals surface area contributed by atoms with Crippen molar-refractivity contribution in [2.45, 2.75) is 10.6 Å². The first kappa shape index (κ1) is 13.6. The van der Waals surface area contributed by atoms with Gasteiger partial charge in [-0.3, -0.25) is 0 Å². The van der Waals surface area contributed by atoms with Gasteiger partial charge >= 0.3 is 5.97 Å². The molecule has 21 heavy (non-hydrogen) atoms. The zero-order valence-corrected chi connectivity index (χ0v) is 11.7. The standard InChI is InChI=1S/C15H11FN2O2S/c16-13-5-4-11(7-12(13)15(19)20)21-9-10-8-18-6-2-1-3-14(18)17-10/h1-8H,9H2,(H,19,20). The van der Waals surface area contributed by atoms with E-state index in [9.17, 15) is 9.18 Å². The van der Waals surface area contributed by atoms with Crippen molar-refractivity contribution in [3.8, 4) is 0 Å². The summed E-state index contributed by atoms with van der Waals surface area (Å²) >= 11 is 1.42. The molecule has 2 heterocycles. The molecule has 0 aliphatic rings. The predicted molar refractivity (Wildman–Crippen MR) is 78.1 cm³/mol. The minimum Gasteiger partial charge on any atom is -0.478 e. The van der Waals surface area contributed by atoms with Crippen molar-refractivity contribution in [1.29, 1.82) is 0 Å². The normalized spacial score (nSPS) is 10.9. The van der Waals surface area contributed by atoms with E-state index >= 15 is 0 Å². The molecule has 0 saturated heterocycles. The molecule has 6 heteroatoms. The number of halogens is 1. The van der Waals surface area contributed by atoms with Gasteiger partial charge < -0.3 is 9.51 Å². The molecular formula is C15H11FN2O2S. The highest BCUT2D eigenvalue weighted by Crippen LogP contribution is 2.24. The van der Waals surface area contributed by atoms with Gasteiger partial charge in [-0.25, -0.2) is 14.2 Å². The summed E-state index contributed by atoms with van der Waals surface area (Å²) in [4.78, 5) is 16.1. The van der Waals surface area contributed by atoms with Gasteiger partial charge in [0, 0.05) is 23.0 Å².